The Morgan fingerprint density at radius 2 is 2.00 bits per heavy atom. The molecular formula is C9H14O5. The molecule has 0 bridgehead atoms. The fraction of sp³-hybridized carbons (Fsp3) is 0.444. The Kier molecular flexibility index (Phi) is 6.43. The highest BCUT2D eigenvalue weighted by molar-refractivity contribution is 5.89. The molecule has 5 nitrogen and oxygen atoms in total. The first-order valence-electron chi connectivity index (χ1n) is 3.86. The van der Waals surface area contributed by atoms with E-state index in [2.05, 4.69) is 14.2 Å². The van der Waals surface area contributed by atoms with Crippen LogP contribution in [0.3, 0.4) is 0 Å². The van der Waals surface area contributed by atoms with E-state index in [0.29, 0.717) is 0 Å². The molecule has 0 heterocycles. The minimum absolute atomic E-state index is 0.00306. The van der Waals surface area contributed by atoms with E-state index < -0.39 is 12.3 Å². The predicted molar refractivity (Wildman–Crippen MR) is 49.3 cm³/mol. The summed E-state index contributed by atoms with van der Waals surface area (Å²) in [6.45, 7) is 0. The number of esters is 1. The van der Waals surface area contributed by atoms with Gasteiger partial charge in [-0.15, -0.1) is 0 Å². The van der Waals surface area contributed by atoms with Crippen molar-refractivity contribution in [1.29, 1.82) is 0 Å². The number of rotatable bonds is 5. The molecule has 0 amide bonds. The van der Waals surface area contributed by atoms with Crippen LogP contribution in [0.15, 0.2) is 24.0 Å². The Balaban J connectivity index is 4.62. The molecule has 0 rings (SSSR count). The maximum absolute atomic E-state index is 11.1. The zero-order valence-corrected chi connectivity index (χ0v) is 8.39. The Morgan fingerprint density at radius 1 is 1.36 bits per heavy atom. The maximum atomic E-state index is 11.1. The molecule has 14 heavy (non-hydrogen) atoms. The van der Waals surface area contributed by atoms with Gasteiger partial charge < -0.3 is 19.3 Å². The number of hydrogen-bond acceptors (Lipinski definition) is 5. The highest BCUT2D eigenvalue weighted by atomic mass is 16.6. The van der Waals surface area contributed by atoms with Crippen LogP contribution in [-0.4, -0.2) is 38.7 Å². The Bertz CT molecular complexity index is 231. The molecule has 0 aliphatic rings. The minimum Gasteiger partial charge on any atom is -0.504 e. The van der Waals surface area contributed by atoms with E-state index >= 15 is 0 Å². The van der Waals surface area contributed by atoms with Gasteiger partial charge >= 0.3 is 5.97 Å². The summed E-state index contributed by atoms with van der Waals surface area (Å²) in [5, 5.41) is 9.25. The van der Waals surface area contributed by atoms with Crippen LogP contribution in [0.4, 0.5) is 0 Å². The normalized spacial score (nSPS) is 14.1. The smallest absolute Gasteiger partial charge is 0.338 e. The summed E-state index contributed by atoms with van der Waals surface area (Å²) in [4.78, 5) is 11.1. The number of carbonyl (C=O) groups is 1. The molecule has 0 aliphatic heterocycles. The lowest BCUT2D eigenvalue weighted by Crippen LogP contribution is -2.20. The van der Waals surface area contributed by atoms with E-state index in [1.807, 2.05) is 0 Å². The quantitative estimate of drug-likeness (QED) is 0.227. The highest BCUT2D eigenvalue weighted by Gasteiger charge is 2.17. The molecule has 1 N–H and O–H groups in total. The number of allylic oxidation sites excluding steroid dienone is 2. The molecule has 0 saturated heterocycles. The SMILES string of the molecule is COC=CC=C(C(=O)OC)C(O)OC. The van der Waals surface area contributed by atoms with Crippen molar-refractivity contribution in [2.45, 2.75) is 6.29 Å². The molecule has 0 spiro atoms. The van der Waals surface area contributed by atoms with Crippen molar-refractivity contribution in [3.05, 3.63) is 24.0 Å². The van der Waals surface area contributed by atoms with Crippen LogP contribution in [-0.2, 0) is 19.0 Å². The topological polar surface area (TPSA) is 65.0 Å². The van der Waals surface area contributed by atoms with Crippen LogP contribution in [0, 0.1) is 0 Å². The van der Waals surface area contributed by atoms with Gasteiger partial charge in [-0.3, -0.25) is 0 Å². The lowest BCUT2D eigenvalue weighted by Gasteiger charge is -2.10. The number of methoxy groups -OCH3 is 3. The van der Waals surface area contributed by atoms with E-state index in [4.69, 9.17) is 0 Å². The zero-order chi connectivity index (χ0) is 11.0. The van der Waals surface area contributed by atoms with E-state index in [-0.39, 0.29) is 5.57 Å². The van der Waals surface area contributed by atoms with Crippen LogP contribution < -0.4 is 0 Å². The first-order chi connectivity index (χ1) is 6.67. The number of carbonyl (C=O) groups excluding carboxylic acids is 1. The largest absolute Gasteiger partial charge is 0.504 e. The van der Waals surface area contributed by atoms with E-state index in [1.165, 1.54) is 39.7 Å². The summed E-state index contributed by atoms with van der Waals surface area (Å²) in [5.41, 5.74) is 0.00306. The van der Waals surface area contributed by atoms with E-state index in [1.54, 1.807) is 0 Å². The molecule has 80 valence electrons. The monoisotopic (exact) mass is 202 g/mol. The molecule has 0 aromatic heterocycles. The predicted octanol–water partition coefficient (Wildman–Crippen LogP) is 0.211. The van der Waals surface area contributed by atoms with Crippen molar-refractivity contribution >= 4 is 5.97 Å². The summed E-state index contributed by atoms with van der Waals surface area (Å²) >= 11 is 0. The van der Waals surface area contributed by atoms with Crippen LogP contribution >= 0.6 is 0 Å². The van der Waals surface area contributed by atoms with Gasteiger partial charge in [0.25, 0.3) is 0 Å². The van der Waals surface area contributed by atoms with Gasteiger partial charge in [0.05, 0.1) is 26.1 Å². The van der Waals surface area contributed by atoms with E-state index in [0.717, 1.165) is 0 Å². The lowest BCUT2D eigenvalue weighted by molar-refractivity contribution is -0.141. The molecule has 5 heteroatoms. The number of ether oxygens (including phenoxy) is 3. The first-order valence-corrected chi connectivity index (χ1v) is 3.86. The number of aliphatic hydroxyl groups is 1. The second-order valence-electron chi connectivity index (χ2n) is 2.27. The van der Waals surface area contributed by atoms with Gasteiger partial charge in [-0.25, -0.2) is 4.79 Å². The third kappa shape index (κ3) is 4.06. The maximum Gasteiger partial charge on any atom is 0.338 e. The Morgan fingerprint density at radius 3 is 2.43 bits per heavy atom. The first kappa shape index (κ1) is 12.7. The second kappa shape index (κ2) is 7.11. The molecule has 0 radical (unpaired) electrons. The van der Waals surface area contributed by atoms with Crippen LogP contribution in [0.1, 0.15) is 0 Å². The third-order valence-corrected chi connectivity index (χ3v) is 1.40. The Hall–Kier alpha value is -1.33. The second-order valence-corrected chi connectivity index (χ2v) is 2.27. The molecular weight excluding hydrogens is 188 g/mol. The molecule has 1 atom stereocenters. The molecule has 0 aromatic rings. The highest BCUT2D eigenvalue weighted by Crippen LogP contribution is 2.05. The van der Waals surface area contributed by atoms with Gasteiger partial charge in [-0.2, -0.15) is 0 Å². The van der Waals surface area contributed by atoms with Crippen molar-refractivity contribution in [2.24, 2.45) is 0 Å². The molecule has 0 fully saturated rings. The summed E-state index contributed by atoms with van der Waals surface area (Å²) < 4.78 is 13.6. The third-order valence-electron chi connectivity index (χ3n) is 1.40. The van der Waals surface area contributed by atoms with Crippen molar-refractivity contribution in [3.63, 3.8) is 0 Å². The minimum atomic E-state index is -1.30. The average Bonchev–Trinajstić information content (AvgIpc) is 2.22. The fourth-order valence-corrected chi connectivity index (χ4v) is 0.718. The van der Waals surface area contributed by atoms with Gasteiger partial charge in [0.1, 0.15) is 0 Å². The van der Waals surface area contributed by atoms with E-state index in [9.17, 15) is 9.90 Å². The summed E-state index contributed by atoms with van der Waals surface area (Å²) in [7, 11) is 3.97. The van der Waals surface area contributed by atoms with Crippen LogP contribution in [0.25, 0.3) is 0 Å². The number of hydrogen-bond donors (Lipinski definition) is 1. The average molecular weight is 202 g/mol. The van der Waals surface area contributed by atoms with Crippen molar-refractivity contribution in [2.75, 3.05) is 21.3 Å². The fourth-order valence-electron chi connectivity index (χ4n) is 0.718. The molecule has 1 unspecified atom stereocenters. The van der Waals surface area contributed by atoms with Crippen LogP contribution in [0.5, 0.6) is 0 Å². The van der Waals surface area contributed by atoms with Crippen molar-refractivity contribution in [1.82, 2.24) is 0 Å². The summed E-state index contributed by atoms with van der Waals surface area (Å²) in [5.74, 6) is -0.653. The number of aliphatic hydroxyl groups excluding tert-OH is 1. The van der Waals surface area contributed by atoms with Gasteiger partial charge in [-0.05, 0) is 12.2 Å². The molecule has 0 aliphatic carbocycles. The molecule has 0 aromatic carbocycles. The van der Waals surface area contributed by atoms with Crippen LogP contribution in [0.2, 0.25) is 0 Å². The van der Waals surface area contributed by atoms with Crippen molar-refractivity contribution < 1.29 is 24.1 Å². The molecule has 0 saturated carbocycles. The summed E-state index contributed by atoms with van der Waals surface area (Å²) in [6.07, 6.45) is 2.85. The Labute approximate surface area is 82.6 Å². The van der Waals surface area contributed by atoms with Gasteiger partial charge in [0.15, 0.2) is 6.29 Å². The standard InChI is InChI=1S/C9H14O5/c1-12-6-4-5-7(8(10)13-2)9(11)14-3/h4-6,8,10H,1-3H3. The van der Waals surface area contributed by atoms with Gasteiger partial charge in [0, 0.05) is 7.11 Å². The zero-order valence-electron chi connectivity index (χ0n) is 8.39. The van der Waals surface area contributed by atoms with Crippen molar-refractivity contribution in [3.8, 4) is 0 Å². The lowest BCUT2D eigenvalue weighted by atomic mass is 10.2. The van der Waals surface area contributed by atoms with Gasteiger partial charge in [-0.1, -0.05) is 0 Å². The van der Waals surface area contributed by atoms with Gasteiger partial charge in [0.2, 0.25) is 0 Å². The summed E-state index contributed by atoms with van der Waals surface area (Å²) in [6, 6.07) is 0.